The summed E-state index contributed by atoms with van der Waals surface area (Å²) in [6.07, 6.45) is -2.16. The van der Waals surface area contributed by atoms with Gasteiger partial charge in [-0.15, -0.1) is 0 Å². The molecule has 0 saturated heterocycles. The topological polar surface area (TPSA) is 84.9 Å². The summed E-state index contributed by atoms with van der Waals surface area (Å²) in [6.45, 7) is 9.88. The summed E-state index contributed by atoms with van der Waals surface area (Å²) in [7, 11) is 0. The van der Waals surface area contributed by atoms with E-state index < -0.39 is 29.8 Å². The lowest BCUT2D eigenvalue weighted by atomic mass is 10.2. The number of esters is 1. The number of aliphatic hydroxyl groups excluding tert-OH is 1. The molecule has 0 aliphatic rings. The zero-order valence-corrected chi connectivity index (χ0v) is 11.8. The fourth-order valence-electron chi connectivity index (χ4n) is 1.12. The first-order valence-corrected chi connectivity index (χ1v) is 5.91. The zero-order valence-electron chi connectivity index (χ0n) is 11.8. The molecule has 0 spiro atoms. The van der Waals surface area contributed by atoms with Gasteiger partial charge in [-0.3, -0.25) is 0 Å². The van der Waals surface area contributed by atoms with E-state index in [-0.39, 0.29) is 6.10 Å². The molecule has 2 N–H and O–H groups in total. The van der Waals surface area contributed by atoms with Crippen LogP contribution in [-0.4, -0.2) is 41.0 Å². The lowest BCUT2D eigenvalue weighted by Crippen LogP contribution is -2.50. The number of rotatable bonds is 4. The molecule has 0 aromatic rings. The second-order valence-corrected chi connectivity index (χ2v) is 5.35. The summed E-state index contributed by atoms with van der Waals surface area (Å²) in [5.41, 5.74) is -0.671. The van der Waals surface area contributed by atoms with Crippen LogP contribution in [0.25, 0.3) is 0 Å². The van der Waals surface area contributed by atoms with Gasteiger partial charge in [0.05, 0.1) is 12.2 Å². The van der Waals surface area contributed by atoms with Crippen LogP contribution in [0, 0.1) is 0 Å². The number of carbonyl (C=O) groups excluding carboxylic acids is 2. The largest absolute Gasteiger partial charge is 0.461 e. The van der Waals surface area contributed by atoms with Crippen LogP contribution >= 0.6 is 0 Å². The molecule has 18 heavy (non-hydrogen) atoms. The number of amides is 1. The highest BCUT2D eigenvalue weighted by molar-refractivity contribution is 5.82. The Bertz CT molecular complexity index is 293. The fraction of sp³-hybridized carbons (Fsp3) is 0.833. The van der Waals surface area contributed by atoms with Gasteiger partial charge in [-0.05, 0) is 41.5 Å². The average Bonchev–Trinajstić information content (AvgIpc) is 2.09. The minimum atomic E-state index is -1.14. The smallest absolute Gasteiger partial charge is 0.408 e. The molecule has 6 nitrogen and oxygen atoms in total. The Hall–Kier alpha value is -1.30. The van der Waals surface area contributed by atoms with Crippen LogP contribution in [0.1, 0.15) is 41.5 Å². The molecule has 6 heteroatoms. The molecule has 106 valence electrons. The van der Waals surface area contributed by atoms with Crippen LogP contribution in [0.4, 0.5) is 4.79 Å². The maximum Gasteiger partial charge on any atom is 0.408 e. The first-order chi connectivity index (χ1) is 8.03. The molecule has 0 heterocycles. The van der Waals surface area contributed by atoms with Crippen molar-refractivity contribution in [2.75, 3.05) is 0 Å². The van der Waals surface area contributed by atoms with Gasteiger partial charge in [-0.25, -0.2) is 9.59 Å². The van der Waals surface area contributed by atoms with Crippen molar-refractivity contribution in [2.24, 2.45) is 0 Å². The van der Waals surface area contributed by atoms with Gasteiger partial charge in [-0.2, -0.15) is 0 Å². The van der Waals surface area contributed by atoms with Gasteiger partial charge in [0.1, 0.15) is 5.60 Å². The van der Waals surface area contributed by atoms with Crippen LogP contribution in [0.3, 0.4) is 0 Å². The predicted octanol–water partition coefficient (Wildman–Crippen LogP) is 1.21. The molecule has 2 atom stereocenters. The summed E-state index contributed by atoms with van der Waals surface area (Å²) in [5, 5.41) is 11.8. The number of nitrogens with one attached hydrogen (secondary N) is 1. The minimum Gasteiger partial charge on any atom is -0.461 e. The lowest BCUT2D eigenvalue weighted by molar-refractivity contribution is -0.152. The zero-order chi connectivity index (χ0) is 14.5. The lowest BCUT2D eigenvalue weighted by Gasteiger charge is -2.24. The van der Waals surface area contributed by atoms with Crippen molar-refractivity contribution < 1.29 is 24.2 Å². The molecule has 0 fully saturated rings. The predicted molar refractivity (Wildman–Crippen MR) is 66.1 cm³/mol. The van der Waals surface area contributed by atoms with Crippen molar-refractivity contribution >= 4 is 12.1 Å². The van der Waals surface area contributed by atoms with Crippen LogP contribution in [0.5, 0.6) is 0 Å². The van der Waals surface area contributed by atoms with E-state index in [1.807, 2.05) is 0 Å². The minimum absolute atomic E-state index is 0.320. The van der Waals surface area contributed by atoms with Crippen LogP contribution in [-0.2, 0) is 14.3 Å². The van der Waals surface area contributed by atoms with Gasteiger partial charge < -0.3 is 19.9 Å². The summed E-state index contributed by atoms with van der Waals surface area (Å²) < 4.78 is 9.94. The van der Waals surface area contributed by atoms with Gasteiger partial charge in [-0.1, -0.05) is 0 Å². The molecule has 0 aromatic carbocycles. The monoisotopic (exact) mass is 261 g/mol. The van der Waals surface area contributed by atoms with E-state index >= 15 is 0 Å². The highest BCUT2D eigenvalue weighted by atomic mass is 16.6. The normalized spacial score (nSPS) is 14.9. The van der Waals surface area contributed by atoms with Gasteiger partial charge >= 0.3 is 12.1 Å². The standard InChI is InChI=1S/C12H23NO5/c1-7(2)17-10(15)9(8(3)14)13-11(16)18-12(4,5)6/h7-9,14H,1-6H3,(H,13,16)/t8-,9+/m0/s1. The molecule has 0 unspecified atom stereocenters. The van der Waals surface area contributed by atoms with Crippen molar-refractivity contribution in [3.8, 4) is 0 Å². The molecule has 1 amide bonds. The fourth-order valence-corrected chi connectivity index (χ4v) is 1.12. The molecule has 0 radical (unpaired) electrons. The molecular formula is C12H23NO5. The molecular weight excluding hydrogens is 238 g/mol. The van der Waals surface area contributed by atoms with Gasteiger partial charge in [0.25, 0.3) is 0 Å². The van der Waals surface area contributed by atoms with Gasteiger partial charge in [0, 0.05) is 0 Å². The second kappa shape index (κ2) is 6.58. The Morgan fingerprint density at radius 3 is 2.00 bits per heavy atom. The van der Waals surface area contributed by atoms with E-state index in [9.17, 15) is 14.7 Å². The van der Waals surface area contributed by atoms with Gasteiger partial charge in [0.2, 0.25) is 0 Å². The summed E-state index contributed by atoms with van der Waals surface area (Å²) >= 11 is 0. The number of ether oxygens (including phenoxy) is 2. The van der Waals surface area contributed by atoms with E-state index in [4.69, 9.17) is 9.47 Å². The number of aliphatic hydroxyl groups is 1. The third-order valence-corrected chi connectivity index (χ3v) is 1.76. The third-order valence-electron chi connectivity index (χ3n) is 1.76. The molecule has 0 bridgehead atoms. The Kier molecular flexibility index (Phi) is 6.11. The Morgan fingerprint density at radius 1 is 1.17 bits per heavy atom. The van der Waals surface area contributed by atoms with Crippen molar-refractivity contribution in [2.45, 2.75) is 65.4 Å². The van der Waals surface area contributed by atoms with E-state index in [2.05, 4.69) is 5.32 Å². The van der Waals surface area contributed by atoms with Crippen LogP contribution < -0.4 is 5.32 Å². The number of carbonyl (C=O) groups is 2. The molecule has 0 rings (SSSR count). The molecule has 0 aromatic heterocycles. The maximum absolute atomic E-state index is 11.6. The number of hydrogen-bond donors (Lipinski definition) is 2. The molecule has 0 aliphatic heterocycles. The Morgan fingerprint density at radius 2 is 1.67 bits per heavy atom. The van der Waals surface area contributed by atoms with Crippen molar-refractivity contribution in [3.63, 3.8) is 0 Å². The first kappa shape index (κ1) is 16.7. The molecule has 0 aliphatic carbocycles. The van der Waals surface area contributed by atoms with Crippen molar-refractivity contribution in [1.29, 1.82) is 0 Å². The van der Waals surface area contributed by atoms with E-state index in [1.54, 1.807) is 34.6 Å². The van der Waals surface area contributed by atoms with Gasteiger partial charge in [0.15, 0.2) is 6.04 Å². The van der Waals surface area contributed by atoms with Crippen molar-refractivity contribution in [1.82, 2.24) is 5.32 Å². The van der Waals surface area contributed by atoms with E-state index in [0.29, 0.717) is 0 Å². The summed E-state index contributed by atoms with van der Waals surface area (Å²) in [4.78, 5) is 23.2. The summed E-state index contributed by atoms with van der Waals surface area (Å²) in [6, 6.07) is -1.14. The first-order valence-electron chi connectivity index (χ1n) is 5.91. The Labute approximate surface area is 108 Å². The number of alkyl carbamates (subject to hydrolysis) is 1. The van der Waals surface area contributed by atoms with E-state index in [1.165, 1.54) is 6.92 Å². The average molecular weight is 261 g/mol. The van der Waals surface area contributed by atoms with Crippen LogP contribution in [0.15, 0.2) is 0 Å². The third kappa shape index (κ3) is 7.11. The molecule has 0 saturated carbocycles. The maximum atomic E-state index is 11.6. The number of hydrogen-bond acceptors (Lipinski definition) is 5. The van der Waals surface area contributed by atoms with E-state index in [0.717, 1.165) is 0 Å². The summed E-state index contributed by atoms with van der Waals surface area (Å²) in [5.74, 6) is -0.689. The Balaban J connectivity index is 4.54. The SMILES string of the molecule is CC(C)OC(=O)[C@H](NC(=O)OC(C)(C)C)[C@H](C)O. The second-order valence-electron chi connectivity index (χ2n) is 5.35. The van der Waals surface area contributed by atoms with Crippen LogP contribution in [0.2, 0.25) is 0 Å². The highest BCUT2D eigenvalue weighted by Crippen LogP contribution is 2.08. The van der Waals surface area contributed by atoms with Crippen molar-refractivity contribution in [3.05, 3.63) is 0 Å². The highest BCUT2D eigenvalue weighted by Gasteiger charge is 2.29. The quantitative estimate of drug-likeness (QED) is 0.743.